The Morgan fingerprint density at radius 3 is 2.94 bits per heavy atom. The van der Waals surface area contributed by atoms with Crippen LogP contribution in [0.1, 0.15) is 9.67 Å². The van der Waals surface area contributed by atoms with Crippen LogP contribution in [0.2, 0.25) is 5.02 Å². The molecule has 0 aliphatic carbocycles. The van der Waals surface area contributed by atoms with Crippen molar-refractivity contribution in [3.05, 3.63) is 45.1 Å². The van der Waals surface area contributed by atoms with E-state index in [0.717, 1.165) is 10.2 Å². The van der Waals surface area contributed by atoms with Gasteiger partial charge in [0.05, 0.1) is 25.8 Å². The van der Waals surface area contributed by atoms with Crippen molar-refractivity contribution in [3.63, 3.8) is 0 Å². The molecule has 0 saturated carbocycles. The van der Waals surface area contributed by atoms with Gasteiger partial charge in [-0.25, -0.2) is 4.98 Å². The molecule has 0 unspecified atom stereocenters. The minimum Gasteiger partial charge on any atom is -0.318 e. The minimum absolute atomic E-state index is 0.160. The molecule has 18 heavy (non-hydrogen) atoms. The van der Waals surface area contributed by atoms with E-state index < -0.39 is 0 Å². The molecule has 1 aromatic carbocycles. The number of rotatable bonds is 2. The quantitative estimate of drug-likeness (QED) is 0.767. The normalized spacial score (nSPS) is 10.7. The molecule has 2 aromatic heterocycles. The van der Waals surface area contributed by atoms with Gasteiger partial charge in [-0.1, -0.05) is 17.7 Å². The maximum Gasteiger partial charge on any atom is 0.265 e. The lowest BCUT2D eigenvalue weighted by molar-refractivity contribution is 0.103. The molecule has 3 rings (SSSR count). The summed E-state index contributed by atoms with van der Waals surface area (Å²) in [6.45, 7) is 0. The van der Waals surface area contributed by atoms with Gasteiger partial charge in [0.1, 0.15) is 5.52 Å². The molecule has 0 atom stereocenters. The van der Waals surface area contributed by atoms with E-state index in [2.05, 4.69) is 10.3 Å². The zero-order chi connectivity index (χ0) is 12.5. The van der Waals surface area contributed by atoms with Crippen LogP contribution in [0.25, 0.3) is 10.2 Å². The molecule has 1 N–H and O–H groups in total. The number of anilines is 1. The summed E-state index contributed by atoms with van der Waals surface area (Å²) in [6, 6.07) is 7.28. The number of carbonyl (C=O) groups excluding carboxylic acids is 1. The molecule has 90 valence electrons. The predicted octanol–water partition coefficient (Wildman–Crippen LogP) is 4.26. The topological polar surface area (TPSA) is 42.0 Å². The van der Waals surface area contributed by atoms with Crippen molar-refractivity contribution >= 4 is 56.1 Å². The Morgan fingerprint density at radius 2 is 2.17 bits per heavy atom. The van der Waals surface area contributed by atoms with Gasteiger partial charge in [-0.3, -0.25) is 4.79 Å². The molecule has 0 aliphatic heterocycles. The monoisotopic (exact) mass is 294 g/mol. The first-order valence-corrected chi connectivity index (χ1v) is 7.26. The Balaban J connectivity index is 2.02. The lowest BCUT2D eigenvalue weighted by Gasteiger charge is -2.06. The number of fused-ring (bicyclic) bond motifs is 1. The highest BCUT2D eigenvalue weighted by atomic mass is 35.5. The second-order valence-corrected chi connectivity index (χ2v) is 5.79. The van der Waals surface area contributed by atoms with Crippen LogP contribution < -0.4 is 5.32 Å². The van der Waals surface area contributed by atoms with Crippen LogP contribution in [0.3, 0.4) is 0 Å². The maximum absolute atomic E-state index is 12.0. The van der Waals surface area contributed by atoms with E-state index in [9.17, 15) is 4.79 Å². The number of halogens is 1. The third-order valence-corrected chi connectivity index (χ3v) is 4.41. The third-order valence-electron chi connectivity index (χ3n) is 2.44. The summed E-state index contributed by atoms with van der Waals surface area (Å²) in [5.41, 5.74) is 3.05. The van der Waals surface area contributed by atoms with Gasteiger partial charge in [-0.15, -0.1) is 22.7 Å². The van der Waals surface area contributed by atoms with Crippen molar-refractivity contribution in [3.8, 4) is 0 Å². The van der Waals surface area contributed by atoms with Crippen LogP contribution in [0.15, 0.2) is 35.2 Å². The molecule has 0 radical (unpaired) electrons. The van der Waals surface area contributed by atoms with Crippen molar-refractivity contribution in [2.75, 3.05) is 5.32 Å². The number of amides is 1. The van der Waals surface area contributed by atoms with E-state index in [4.69, 9.17) is 11.6 Å². The standard InChI is InChI=1S/C12H7ClN2OS2/c13-7-3-4-8-11(14-6-18-8)10(7)15-12(16)9-2-1-5-17-9/h1-6H,(H,15,16). The summed E-state index contributed by atoms with van der Waals surface area (Å²) in [4.78, 5) is 16.9. The lowest BCUT2D eigenvalue weighted by atomic mass is 10.2. The van der Waals surface area contributed by atoms with Crippen molar-refractivity contribution in [2.24, 2.45) is 0 Å². The number of carbonyl (C=O) groups is 1. The fourth-order valence-electron chi connectivity index (χ4n) is 1.61. The summed E-state index contributed by atoms with van der Waals surface area (Å²) < 4.78 is 1.00. The number of thiazole rings is 1. The van der Waals surface area contributed by atoms with Crippen molar-refractivity contribution < 1.29 is 4.79 Å². The number of aromatic nitrogens is 1. The smallest absolute Gasteiger partial charge is 0.265 e. The first-order valence-electron chi connectivity index (χ1n) is 5.12. The average Bonchev–Trinajstić information content (AvgIpc) is 3.02. The highest BCUT2D eigenvalue weighted by molar-refractivity contribution is 7.16. The minimum atomic E-state index is -0.160. The molecule has 2 heterocycles. The highest BCUT2D eigenvalue weighted by Crippen LogP contribution is 2.32. The molecule has 1 amide bonds. The number of hydrogen-bond donors (Lipinski definition) is 1. The van der Waals surface area contributed by atoms with Gasteiger partial charge >= 0.3 is 0 Å². The van der Waals surface area contributed by atoms with Gasteiger partial charge < -0.3 is 5.32 Å². The first-order chi connectivity index (χ1) is 8.75. The molecule has 0 bridgehead atoms. The van der Waals surface area contributed by atoms with Gasteiger partial charge in [0.25, 0.3) is 5.91 Å². The fraction of sp³-hybridized carbons (Fsp3) is 0. The summed E-state index contributed by atoms with van der Waals surface area (Å²) in [5.74, 6) is -0.160. The zero-order valence-electron chi connectivity index (χ0n) is 9.01. The largest absolute Gasteiger partial charge is 0.318 e. The van der Waals surface area contributed by atoms with E-state index in [1.54, 1.807) is 17.6 Å². The number of hydrogen-bond acceptors (Lipinski definition) is 4. The van der Waals surface area contributed by atoms with E-state index in [-0.39, 0.29) is 5.91 Å². The number of thiophene rings is 1. The molecule has 0 saturated heterocycles. The third kappa shape index (κ3) is 2.01. The Morgan fingerprint density at radius 1 is 1.28 bits per heavy atom. The lowest BCUT2D eigenvalue weighted by Crippen LogP contribution is -2.10. The van der Waals surface area contributed by atoms with Crippen LogP contribution >= 0.6 is 34.3 Å². The summed E-state index contributed by atoms with van der Waals surface area (Å²) >= 11 is 9.03. The predicted molar refractivity (Wildman–Crippen MR) is 76.9 cm³/mol. The van der Waals surface area contributed by atoms with Crippen LogP contribution in [0, 0.1) is 0 Å². The van der Waals surface area contributed by atoms with Crippen molar-refractivity contribution in [1.29, 1.82) is 0 Å². The van der Waals surface area contributed by atoms with Crippen LogP contribution in [0.4, 0.5) is 5.69 Å². The second kappa shape index (κ2) is 4.68. The Bertz CT molecular complexity index is 706. The van der Waals surface area contributed by atoms with Gasteiger partial charge in [-0.05, 0) is 23.6 Å². The first kappa shape index (κ1) is 11.6. The van der Waals surface area contributed by atoms with E-state index >= 15 is 0 Å². The van der Waals surface area contributed by atoms with E-state index in [1.165, 1.54) is 22.7 Å². The molecular weight excluding hydrogens is 288 g/mol. The van der Waals surface area contributed by atoms with Gasteiger partial charge in [0.2, 0.25) is 0 Å². The summed E-state index contributed by atoms with van der Waals surface area (Å²) in [6.07, 6.45) is 0. The number of nitrogens with zero attached hydrogens (tertiary/aromatic N) is 1. The molecule has 0 aliphatic rings. The Labute approximate surface area is 116 Å². The van der Waals surface area contributed by atoms with Gasteiger partial charge in [-0.2, -0.15) is 0 Å². The van der Waals surface area contributed by atoms with Crippen molar-refractivity contribution in [1.82, 2.24) is 4.98 Å². The summed E-state index contributed by atoms with van der Waals surface area (Å²) in [5, 5.41) is 5.18. The molecule has 3 nitrogen and oxygen atoms in total. The number of benzene rings is 1. The Kier molecular flexibility index (Phi) is 3.03. The Hall–Kier alpha value is -1.43. The number of nitrogens with one attached hydrogen (secondary N) is 1. The van der Waals surface area contributed by atoms with Gasteiger partial charge in [0.15, 0.2) is 0 Å². The molecule has 6 heteroatoms. The van der Waals surface area contributed by atoms with E-state index in [1.807, 2.05) is 17.5 Å². The molecule has 3 aromatic rings. The van der Waals surface area contributed by atoms with Crippen LogP contribution in [-0.4, -0.2) is 10.9 Å². The van der Waals surface area contributed by atoms with Crippen LogP contribution in [0.5, 0.6) is 0 Å². The fourth-order valence-corrected chi connectivity index (χ4v) is 3.11. The summed E-state index contributed by atoms with van der Waals surface area (Å²) in [7, 11) is 0. The van der Waals surface area contributed by atoms with Crippen molar-refractivity contribution in [2.45, 2.75) is 0 Å². The maximum atomic E-state index is 12.0. The highest BCUT2D eigenvalue weighted by Gasteiger charge is 2.13. The van der Waals surface area contributed by atoms with Crippen LogP contribution in [-0.2, 0) is 0 Å². The van der Waals surface area contributed by atoms with E-state index in [0.29, 0.717) is 15.6 Å². The molecular formula is C12H7ClN2OS2. The van der Waals surface area contributed by atoms with Gasteiger partial charge in [0, 0.05) is 0 Å². The SMILES string of the molecule is O=C(Nc1c(Cl)ccc2scnc12)c1cccs1. The average molecular weight is 295 g/mol. The zero-order valence-corrected chi connectivity index (χ0v) is 11.4. The molecule has 0 spiro atoms. The molecule has 0 fully saturated rings. The second-order valence-electron chi connectivity index (χ2n) is 3.55.